The van der Waals surface area contributed by atoms with Crippen LogP contribution in [0, 0.1) is 0 Å². The molecule has 0 N–H and O–H groups in total. The van der Waals surface area contributed by atoms with E-state index in [0.29, 0.717) is 16.1 Å². The Hall–Kier alpha value is -1.03. The van der Waals surface area contributed by atoms with Crippen LogP contribution >= 0.6 is 23.2 Å². The molecule has 2 aliphatic rings. The van der Waals surface area contributed by atoms with Gasteiger partial charge in [0.2, 0.25) is 0 Å². The van der Waals surface area contributed by atoms with E-state index in [1.807, 2.05) is 12.1 Å². The lowest BCUT2D eigenvalue weighted by molar-refractivity contribution is -0.136. The Bertz CT molecular complexity index is 627. The number of carbonyl (C=O) groups is 1. The van der Waals surface area contributed by atoms with Crippen molar-refractivity contribution in [3.63, 3.8) is 0 Å². The van der Waals surface area contributed by atoms with E-state index < -0.39 is 0 Å². The van der Waals surface area contributed by atoms with Crippen molar-refractivity contribution in [2.75, 3.05) is 14.2 Å². The fourth-order valence-electron chi connectivity index (χ4n) is 3.48. The molecule has 112 valence electrons. The van der Waals surface area contributed by atoms with E-state index in [1.54, 1.807) is 6.07 Å². The highest BCUT2D eigenvalue weighted by Gasteiger charge is 2.42. The number of nitrogens with zero attached hydrogens (tertiary/aromatic N) is 1. The van der Waals surface area contributed by atoms with Crippen LogP contribution in [-0.4, -0.2) is 37.1 Å². The molecule has 3 rings (SSSR count). The molecule has 2 atom stereocenters. The molecule has 1 aromatic carbocycles. The van der Waals surface area contributed by atoms with Gasteiger partial charge in [-0.2, -0.15) is 0 Å². The first-order chi connectivity index (χ1) is 10.0. The van der Waals surface area contributed by atoms with Gasteiger partial charge in [0, 0.05) is 12.1 Å². The van der Waals surface area contributed by atoms with Gasteiger partial charge in [0.25, 0.3) is 0 Å². The number of rotatable bonds is 2. The van der Waals surface area contributed by atoms with E-state index in [2.05, 4.69) is 11.9 Å². The molecule has 1 unspecified atom stereocenters. The number of halogens is 2. The lowest BCUT2D eigenvalue weighted by Crippen LogP contribution is -2.40. The van der Waals surface area contributed by atoms with Gasteiger partial charge in [-0.15, -0.1) is 0 Å². The van der Waals surface area contributed by atoms with Crippen LogP contribution in [0.1, 0.15) is 24.8 Å². The Balaban J connectivity index is 2.13. The van der Waals surface area contributed by atoms with Gasteiger partial charge in [0.15, 0.2) is 0 Å². The maximum atomic E-state index is 12.3. The highest BCUT2D eigenvalue weighted by Crippen LogP contribution is 2.43. The number of fused-ring (bicyclic) bond motifs is 2. The summed E-state index contributed by atoms with van der Waals surface area (Å²) in [6, 6.07) is 6.17. The third kappa shape index (κ3) is 2.48. The minimum atomic E-state index is -0.242. The number of carbonyl (C=O) groups excluding carboxylic acids is 1. The third-order valence-corrected chi connectivity index (χ3v) is 5.35. The molecule has 0 aromatic heterocycles. The van der Waals surface area contributed by atoms with Crippen molar-refractivity contribution in [3.8, 4) is 0 Å². The molecule has 2 bridgehead atoms. The van der Waals surface area contributed by atoms with Gasteiger partial charge >= 0.3 is 5.97 Å². The van der Waals surface area contributed by atoms with Crippen LogP contribution in [0.3, 0.4) is 0 Å². The lowest BCUT2D eigenvalue weighted by Gasteiger charge is -2.34. The number of hydrogen-bond donors (Lipinski definition) is 0. The second-order valence-electron chi connectivity index (χ2n) is 5.63. The highest BCUT2D eigenvalue weighted by atomic mass is 35.5. The Kier molecular flexibility index (Phi) is 4.00. The summed E-state index contributed by atoms with van der Waals surface area (Å²) in [4.78, 5) is 14.6. The lowest BCUT2D eigenvalue weighted by atomic mass is 9.88. The Labute approximate surface area is 134 Å². The number of esters is 1. The van der Waals surface area contributed by atoms with Gasteiger partial charge in [0.05, 0.1) is 22.7 Å². The molecule has 2 aliphatic heterocycles. The maximum Gasteiger partial charge on any atom is 0.335 e. The van der Waals surface area contributed by atoms with E-state index in [9.17, 15) is 4.79 Å². The Morgan fingerprint density at radius 2 is 2.05 bits per heavy atom. The molecule has 2 heterocycles. The number of hydrogen-bond acceptors (Lipinski definition) is 3. The zero-order valence-corrected chi connectivity index (χ0v) is 13.5. The normalized spacial score (nSPS) is 25.3. The topological polar surface area (TPSA) is 29.5 Å². The molecular formula is C16H17Cl2NO2. The standard InChI is InChI=1S/C16H17Cl2NO2/c1-19-10-4-6-14(19)15(16(20)21-2)11(8-10)9-3-5-12(17)13(18)7-9/h3,5,7,10,14H,4,6,8H2,1-2H3/t10?,14-/m1/s1. The van der Waals surface area contributed by atoms with Crippen LogP contribution < -0.4 is 0 Å². The Morgan fingerprint density at radius 1 is 1.29 bits per heavy atom. The molecular weight excluding hydrogens is 309 g/mol. The quantitative estimate of drug-likeness (QED) is 0.775. The zero-order valence-electron chi connectivity index (χ0n) is 12.0. The van der Waals surface area contributed by atoms with Crippen molar-refractivity contribution in [1.82, 2.24) is 4.90 Å². The van der Waals surface area contributed by atoms with Crippen molar-refractivity contribution < 1.29 is 9.53 Å². The summed E-state index contributed by atoms with van der Waals surface area (Å²) in [7, 11) is 3.51. The zero-order chi connectivity index (χ0) is 15.1. The van der Waals surface area contributed by atoms with Crippen LogP contribution in [0.4, 0.5) is 0 Å². The fraction of sp³-hybridized carbons (Fsp3) is 0.438. The van der Waals surface area contributed by atoms with Crippen molar-refractivity contribution in [2.45, 2.75) is 31.3 Å². The van der Waals surface area contributed by atoms with Crippen molar-refractivity contribution in [2.24, 2.45) is 0 Å². The first-order valence-corrected chi connectivity index (χ1v) is 7.77. The van der Waals surface area contributed by atoms with Crippen molar-refractivity contribution in [3.05, 3.63) is 39.4 Å². The number of ether oxygens (including phenoxy) is 1. The predicted molar refractivity (Wildman–Crippen MR) is 84.6 cm³/mol. The molecule has 5 heteroatoms. The summed E-state index contributed by atoms with van der Waals surface area (Å²) in [5.74, 6) is -0.242. The summed E-state index contributed by atoms with van der Waals surface area (Å²) in [5.41, 5.74) is 2.79. The molecule has 0 amide bonds. The summed E-state index contributed by atoms with van der Waals surface area (Å²) >= 11 is 12.1. The smallest absolute Gasteiger partial charge is 0.335 e. The molecule has 1 fully saturated rings. The monoisotopic (exact) mass is 325 g/mol. The first-order valence-electron chi connectivity index (χ1n) is 7.01. The van der Waals surface area contributed by atoms with Gasteiger partial charge in [-0.05, 0) is 49.6 Å². The van der Waals surface area contributed by atoms with Crippen LogP contribution in [0.5, 0.6) is 0 Å². The minimum Gasteiger partial charge on any atom is -0.466 e. The van der Waals surface area contributed by atoms with Gasteiger partial charge in [-0.1, -0.05) is 29.3 Å². The summed E-state index contributed by atoms with van der Waals surface area (Å²) in [6.45, 7) is 0. The maximum absolute atomic E-state index is 12.3. The molecule has 0 spiro atoms. The summed E-state index contributed by atoms with van der Waals surface area (Å²) in [6.07, 6.45) is 2.94. The molecule has 0 saturated carbocycles. The largest absolute Gasteiger partial charge is 0.466 e. The van der Waals surface area contributed by atoms with Gasteiger partial charge in [-0.3, -0.25) is 4.90 Å². The van der Waals surface area contributed by atoms with Crippen molar-refractivity contribution >= 4 is 34.7 Å². The van der Waals surface area contributed by atoms with E-state index in [1.165, 1.54) is 7.11 Å². The first kappa shape index (κ1) is 14.9. The number of benzene rings is 1. The van der Waals surface area contributed by atoms with Crippen LogP contribution in [-0.2, 0) is 9.53 Å². The second-order valence-corrected chi connectivity index (χ2v) is 6.44. The molecule has 0 radical (unpaired) electrons. The van der Waals surface area contributed by atoms with E-state index >= 15 is 0 Å². The van der Waals surface area contributed by atoms with E-state index in [4.69, 9.17) is 27.9 Å². The van der Waals surface area contributed by atoms with Crippen molar-refractivity contribution in [1.29, 1.82) is 0 Å². The second kappa shape index (κ2) is 5.64. The van der Waals surface area contributed by atoms with Gasteiger partial charge in [-0.25, -0.2) is 4.79 Å². The highest BCUT2D eigenvalue weighted by molar-refractivity contribution is 6.42. The molecule has 1 saturated heterocycles. The van der Waals surface area contributed by atoms with Crippen LogP contribution in [0.2, 0.25) is 10.0 Å². The van der Waals surface area contributed by atoms with Gasteiger partial charge in [0.1, 0.15) is 0 Å². The fourth-order valence-corrected chi connectivity index (χ4v) is 3.78. The Morgan fingerprint density at radius 3 is 2.71 bits per heavy atom. The average molecular weight is 326 g/mol. The van der Waals surface area contributed by atoms with Gasteiger partial charge < -0.3 is 4.74 Å². The molecule has 0 aliphatic carbocycles. The van der Waals surface area contributed by atoms with E-state index in [-0.39, 0.29) is 12.0 Å². The number of likely N-dealkylation sites (N-methyl/N-ethyl adjacent to an activating group) is 1. The van der Waals surface area contributed by atoms with Crippen LogP contribution in [0.25, 0.3) is 5.57 Å². The molecule has 3 nitrogen and oxygen atoms in total. The molecule has 21 heavy (non-hydrogen) atoms. The van der Waals surface area contributed by atoms with E-state index in [0.717, 1.165) is 36.0 Å². The third-order valence-electron chi connectivity index (χ3n) is 4.61. The SMILES string of the molecule is COC(=O)C1=C(c2ccc(Cl)c(Cl)c2)CC2CC[C@H]1N2C. The average Bonchev–Trinajstić information content (AvgIpc) is 2.72. The molecule has 1 aromatic rings. The van der Waals surface area contributed by atoms with Crippen LogP contribution in [0.15, 0.2) is 23.8 Å². The predicted octanol–water partition coefficient (Wildman–Crippen LogP) is 3.79. The summed E-state index contributed by atoms with van der Waals surface area (Å²) in [5, 5.41) is 1.04. The number of methoxy groups -OCH3 is 1. The minimum absolute atomic E-state index is 0.139. The summed E-state index contributed by atoms with van der Waals surface area (Å²) < 4.78 is 5.01.